The van der Waals surface area contributed by atoms with E-state index in [0.29, 0.717) is 0 Å². The van der Waals surface area contributed by atoms with E-state index >= 15 is 0 Å². The van der Waals surface area contributed by atoms with E-state index in [1.165, 1.54) is 35.1 Å². The van der Waals surface area contributed by atoms with Gasteiger partial charge in [-0.15, -0.1) is 5.10 Å². The SMILES string of the molecule is Cc1ccccc1-c1cccc(CNc2ccc3c(nnn3CC3CC3)c2Br)c1. The lowest BCUT2D eigenvalue weighted by Gasteiger charge is -2.11. The van der Waals surface area contributed by atoms with Gasteiger partial charge < -0.3 is 5.32 Å². The van der Waals surface area contributed by atoms with Gasteiger partial charge in [-0.2, -0.15) is 0 Å². The van der Waals surface area contributed by atoms with Crippen molar-refractivity contribution in [3.05, 3.63) is 76.3 Å². The lowest BCUT2D eigenvalue weighted by atomic mass is 9.99. The van der Waals surface area contributed by atoms with Crippen LogP contribution in [-0.4, -0.2) is 15.0 Å². The van der Waals surface area contributed by atoms with Gasteiger partial charge in [0, 0.05) is 13.1 Å². The molecule has 1 aliphatic rings. The van der Waals surface area contributed by atoms with Crippen LogP contribution in [0.5, 0.6) is 0 Å². The first-order chi connectivity index (χ1) is 14.2. The summed E-state index contributed by atoms with van der Waals surface area (Å²) in [6.45, 7) is 3.88. The topological polar surface area (TPSA) is 42.7 Å². The van der Waals surface area contributed by atoms with Crippen LogP contribution in [-0.2, 0) is 13.1 Å². The van der Waals surface area contributed by atoms with Gasteiger partial charge in [-0.1, -0.05) is 47.7 Å². The van der Waals surface area contributed by atoms with Crippen LogP contribution < -0.4 is 5.32 Å². The van der Waals surface area contributed by atoms with E-state index in [9.17, 15) is 0 Å². The molecule has 0 amide bonds. The molecule has 1 heterocycles. The second-order valence-electron chi connectivity index (χ2n) is 7.88. The molecule has 0 spiro atoms. The van der Waals surface area contributed by atoms with Gasteiger partial charge in [-0.05, 0) is 82.1 Å². The standard InChI is InChI=1S/C24H23BrN4/c1-16-5-2-3-8-20(16)19-7-4-6-18(13-19)14-26-21-11-12-22-24(23(21)25)27-28-29(22)15-17-9-10-17/h2-8,11-13,17,26H,9-10,14-15H2,1H3. The minimum absolute atomic E-state index is 0.750. The first-order valence-electron chi connectivity index (χ1n) is 10.1. The number of hydrogen-bond acceptors (Lipinski definition) is 3. The van der Waals surface area contributed by atoms with E-state index in [1.807, 2.05) is 4.68 Å². The molecule has 4 aromatic rings. The van der Waals surface area contributed by atoms with Crippen LogP contribution in [0.25, 0.3) is 22.2 Å². The van der Waals surface area contributed by atoms with Crippen molar-refractivity contribution in [1.29, 1.82) is 0 Å². The molecular formula is C24H23BrN4. The Bertz CT molecular complexity index is 1180. The minimum atomic E-state index is 0.750. The predicted octanol–water partition coefficient (Wildman–Crippen LogP) is 6.19. The molecule has 0 radical (unpaired) electrons. The Labute approximate surface area is 179 Å². The van der Waals surface area contributed by atoms with Crippen LogP contribution in [0.3, 0.4) is 0 Å². The second-order valence-corrected chi connectivity index (χ2v) is 8.67. The molecule has 3 aromatic carbocycles. The molecule has 0 saturated heterocycles. The van der Waals surface area contributed by atoms with Crippen molar-refractivity contribution in [3.8, 4) is 11.1 Å². The van der Waals surface area contributed by atoms with Crippen LogP contribution in [0.1, 0.15) is 24.0 Å². The molecule has 1 fully saturated rings. The summed E-state index contributed by atoms with van der Waals surface area (Å²) in [6.07, 6.45) is 2.62. The summed E-state index contributed by atoms with van der Waals surface area (Å²) in [5.41, 5.74) is 8.12. The summed E-state index contributed by atoms with van der Waals surface area (Å²) < 4.78 is 3.01. The number of nitrogens with one attached hydrogen (secondary N) is 1. The Morgan fingerprint density at radius 3 is 2.76 bits per heavy atom. The van der Waals surface area contributed by atoms with Crippen molar-refractivity contribution in [2.45, 2.75) is 32.9 Å². The minimum Gasteiger partial charge on any atom is -0.380 e. The quantitative estimate of drug-likeness (QED) is 0.383. The van der Waals surface area contributed by atoms with Gasteiger partial charge in [-0.25, -0.2) is 4.68 Å². The highest BCUT2D eigenvalue weighted by molar-refractivity contribution is 9.10. The lowest BCUT2D eigenvalue weighted by molar-refractivity contribution is 0.559. The number of rotatable bonds is 6. The Kier molecular flexibility index (Phi) is 4.84. The summed E-state index contributed by atoms with van der Waals surface area (Å²) in [7, 11) is 0. The average Bonchev–Trinajstić information content (AvgIpc) is 3.46. The summed E-state index contributed by atoms with van der Waals surface area (Å²) >= 11 is 3.73. The molecule has 0 bridgehead atoms. The molecule has 1 aromatic heterocycles. The van der Waals surface area contributed by atoms with Crippen LogP contribution in [0.15, 0.2) is 65.1 Å². The molecular weight excluding hydrogens is 424 g/mol. The molecule has 0 aliphatic heterocycles. The number of benzene rings is 3. The molecule has 0 atom stereocenters. The van der Waals surface area contributed by atoms with Gasteiger partial charge in [0.15, 0.2) is 0 Å². The number of halogens is 1. The highest BCUT2D eigenvalue weighted by Gasteiger charge is 2.23. The number of aromatic nitrogens is 3. The van der Waals surface area contributed by atoms with E-state index in [0.717, 1.165) is 40.2 Å². The van der Waals surface area contributed by atoms with Crippen molar-refractivity contribution in [2.75, 3.05) is 5.32 Å². The fraction of sp³-hybridized carbons (Fsp3) is 0.250. The summed E-state index contributed by atoms with van der Waals surface area (Å²) in [4.78, 5) is 0. The van der Waals surface area contributed by atoms with Crippen LogP contribution in [0.4, 0.5) is 5.69 Å². The third kappa shape index (κ3) is 3.79. The molecule has 4 nitrogen and oxygen atoms in total. The number of nitrogens with zero attached hydrogens (tertiary/aromatic N) is 3. The summed E-state index contributed by atoms with van der Waals surface area (Å²) in [5, 5.41) is 12.3. The first kappa shape index (κ1) is 18.4. The largest absolute Gasteiger partial charge is 0.380 e. The summed E-state index contributed by atoms with van der Waals surface area (Å²) in [5.74, 6) is 0.775. The monoisotopic (exact) mass is 446 g/mol. The smallest absolute Gasteiger partial charge is 0.129 e. The van der Waals surface area contributed by atoms with Crippen LogP contribution in [0.2, 0.25) is 0 Å². The first-order valence-corrected chi connectivity index (χ1v) is 10.9. The molecule has 5 rings (SSSR count). The van der Waals surface area contributed by atoms with Crippen molar-refractivity contribution < 1.29 is 0 Å². The summed E-state index contributed by atoms with van der Waals surface area (Å²) in [6, 6.07) is 21.5. The second kappa shape index (κ2) is 7.64. The van der Waals surface area contributed by atoms with Crippen molar-refractivity contribution in [2.24, 2.45) is 5.92 Å². The zero-order valence-electron chi connectivity index (χ0n) is 16.4. The van der Waals surface area contributed by atoms with E-state index in [4.69, 9.17) is 0 Å². The maximum Gasteiger partial charge on any atom is 0.129 e. The Hall–Kier alpha value is -2.66. The maximum atomic E-state index is 4.40. The molecule has 146 valence electrons. The Balaban J connectivity index is 1.36. The van der Waals surface area contributed by atoms with E-state index in [1.54, 1.807) is 0 Å². The zero-order chi connectivity index (χ0) is 19.8. The number of hydrogen-bond donors (Lipinski definition) is 1. The average molecular weight is 447 g/mol. The Morgan fingerprint density at radius 1 is 1.07 bits per heavy atom. The van der Waals surface area contributed by atoms with Gasteiger partial charge in [0.1, 0.15) is 5.52 Å². The van der Waals surface area contributed by atoms with Crippen molar-refractivity contribution in [1.82, 2.24) is 15.0 Å². The van der Waals surface area contributed by atoms with Gasteiger partial charge in [-0.3, -0.25) is 0 Å². The van der Waals surface area contributed by atoms with Gasteiger partial charge >= 0.3 is 0 Å². The molecule has 1 saturated carbocycles. The van der Waals surface area contributed by atoms with Crippen LogP contribution >= 0.6 is 15.9 Å². The lowest BCUT2D eigenvalue weighted by Crippen LogP contribution is -2.02. The van der Waals surface area contributed by atoms with Gasteiger partial charge in [0.2, 0.25) is 0 Å². The molecule has 0 unspecified atom stereocenters. The molecule has 1 aliphatic carbocycles. The molecule has 29 heavy (non-hydrogen) atoms. The van der Waals surface area contributed by atoms with E-state index in [-0.39, 0.29) is 0 Å². The Morgan fingerprint density at radius 2 is 1.93 bits per heavy atom. The zero-order valence-corrected chi connectivity index (χ0v) is 18.0. The fourth-order valence-electron chi connectivity index (χ4n) is 3.76. The van der Waals surface area contributed by atoms with Crippen molar-refractivity contribution in [3.63, 3.8) is 0 Å². The maximum absolute atomic E-state index is 4.40. The van der Waals surface area contributed by atoms with Crippen molar-refractivity contribution >= 4 is 32.7 Å². The van der Waals surface area contributed by atoms with Gasteiger partial charge in [0.05, 0.1) is 15.7 Å². The number of aryl methyl sites for hydroxylation is 1. The van der Waals surface area contributed by atoms with E-state index < -0.39 is 0 Å². The third-order valence-electron chi connectivity index (χ3n) is 5.62. The third-order valence-corrected chi connectivity index (χ3v) is 6.42. The molecule has 1 N–H and O–H groups in total. The van der Waals surface area contributed by atoms with Gasteiger partial charge in [0.25, 0.3) is 0 Å². The fourth-order valence-corrected chi connectivity index (χ4v) is 4.32. The predicted molar refractivity (Wildman–Crippen MR) is 122 cm³/mol. The van der Waals surface area contributed by atoms with Crippen LogP contribution in [0, 0.1) is 12.8 Å². The number of fused-ring (bicyclic) bond motifs is 1. The highest BCUT2D eigenvalue weighted by Crippen LogP contribution is 2.34. The highest BCUT2D eigenvalue weighted by atomic mass is 79.9. The normalized spacial score (nSPS) is 13.7. The number of anilines is 1. The molecule has 5 heteroatoms. The van der Waals surface area contributed by atoms with E-state index in [2.05, 4.69) is 99.1 Å².